The zero-order chi connectivity index (χ0) is 26.6. The third-order valence-electron chi connectivity index (χ3n) is 6.71. The quantitative estimate of drug-likeness (QED) is 0.142. The van der Waals surface area contributed by atoms with Crippen molar-refractivity contribution in [2.24, 2.45) is 5.10 Å². The Morgan fingerprint density at radius 1 is 1.11 bits per heavy atom. The third-order valence-corrected chi connectivity index (χ3v) is 8.74. The normalized spacial score (nSPS) is 14.3. The van der Waals surface area contributed by atoms with E-state index in [2.05, 4.69) is 59.6 Å². The van der Waals surface area contributed by atoms with Crippen LogP contribution in [0.2, 0.25) is 0 Å². The Hall–Kier alpha value is -2.24. The summed E-state index contributed by atoms with van der Waals surface area (Å²) < 4.78 is 16.2. The lowest BCUT2D eigenvalue weighted by Gasteiger charge is -2.22. The van der Waals surface area contributed by atoms with Crippen molar-refractivity contribution >= 4 is 71.6 Å². The van der Waals surface area contributed by atoms with Crippen LogP contribution in [0.15, 0.2) is 73.4 Å². The summed E-state index contributed by atoms with van der Waals surface area (Å²) in [6.07, 6.45) is 7.25. The summed E-state index contributed by atoms with van der Waals surface area (Å²) >= 11 is 9.31. The van der Waals surface area contributed by atoms with Crippen LogP contribution in [-0.4, -0.2) is 23.0 Å². The second kappa shape index (κ2) is 12.3. The van der Waals surface area contributed by atoms with Gasteiger partial charge in [-0.15, -0.1) is 0 Å². The van der Waals surface area contributed by atoms with Crippen LogP contribution in [0.5, 0.6) is 11.5 Å². The highest BCUT2D eigenvalue weighted by molar-refractivity contribution is 14.1. The molecule has 4 aromatic rings. The molecule has 0 atom stereocenters. The van der Waals surface area contributed by atoms with Crippen molar-refractivity contribution in [1.29, 1.82) is 0 Å². The number of ether oxygens (including phenoxy) is 2. The van der Waals surface area contributed by atoms with Gasteiger partial charge in [0.05, 0.1) is 27.8 Å². The fourth-order valence-electron chi connectivity index (χ4n) is 4.74. The molecule has 38 heavy (non-hydrogen) atoms. The smallest absolute Gasteiger partial charge is 0.282 e. The molecule has 1 saturated carbocycles. The fourth-order valence-corrected chi connectivity index (χ4v) is 6.69. The van der Waals surface area contributed by atoms with E-state index in [1.165, 1.54) is 11.1 Å². The maximum Gasteiger partial charge on any atom is 0.282 e. The van der Waals surface area contributed by atoms with E-state index in [-0.39, 0.29) is 11.5 Å². The number of hydrogen-bond donors (Lipinski definition) is 0. The SMILES string of the molecule is COc1cc(C=Nn2c(C3CCCCC3)nc3ccccc3c2=O)cc(I)c1OCc1ccc(Br)cc1Br. The highest BCUT2D eigenvalue weighted by atomic mass is 127. The molecule has 0 amide bonds. The van der Waals surface area contributed by atoms with Gasteiger partial charge in [0, 0.05) is 20.4 Å². The monoisotopic (exact) mass is 749 g/mol. The van der Waals surface area contributed by atoms with Gasteiger partial charge in [0.25, 0.3) is 5.56 Å². The summed E-state index contributed by atoms with van der Waals surface area (Å²) in [5.74, 6) is 2.23. The van der Waals surface area contributed by atoms with Gasteiger partial charge in [-0.25, -0.2) is 4.98 Å². The van der Waals surface area contributed by atoms with Crippen molar-refractivity contribution in [3.8, 4) is 11.5 Å². The van der Waals surface area contributed by atoms with Crippen LogP contribution in [0.1, 0.15) is 55.0 Å². The number of halogens is 3. The Labute approximate surface area is 251 Å². The van der Waals surface area contributed by atoms with Crippen LogP contribution in [0.3, 0.4) is 0 Å². The molecule has 1 aliphatic carbocycles. The van der Waals surface area contributed by atoms with Crippen molar-refractivity contribution in [1.82, 2.24) is 9.66 Å². The molecule has 6 nitrogen and oxygen atoms in total. The largest absolute Gasteiger partial charge is 0.493 e. The molecule has 196 valence electrons. The number of benzene rings is 3. The number of fused-ring (bicyclic) bond motifs is 1. The molecule has 0 spiro atoms. The molecule has 1 heterocycles. The van der Waals surface area contributed by atoms with Crippen LogP contribution in [0, 0.1) is 3.57 Å². The number of methoxy groups -OCH3 is 1. The van der Waals surface area contributed by atoms with Gasteiger partial charge in [-0.3, -0.25) is 4.79 Å². The zero-order valence-corrected chi connectivity index (χ0v) is 26.1. The van der Waals surface area contributed by atoms with E-state index in [4.69, 9.17) is 14.5 Å². The Morgan fingerprint density at radius 3 is 2.66 bits per heavy atom. The van der Waals surface area contributed by atoms with Gasteiger partial charge < -0.3 is 9.47 Å². The molecule has 0 unspecified atom stereocenters. The molecule has 1 fully saturated rings. The Kier molecular flexibility index (Phi) is 8.84. The van der Waals surface area contributed by atoms with Crippen LogP contribution in [0.4, 0.5) is 0 Å². The van der Waals surface area contributed by atoms with Crippen molar-refractivity contribution in [3.05, 3.63) is 94.4 Å². The first-order valence-corrected chi connectivity index (χ1v) is 15.1. The first-order chi connectivity index (χ1) is 18.4. The van der Waals surface area contributed by atoms with Crippen LogP contribution >= 0.6 is 54.5 Å². The Bertz CT molecular complexity index is 1570. The number of rotatable bonds is 7. The number of aromatic nitrogens is 2. The number of hydrogen-bond acceptors (Lipinski definition) is 5. The topological polar surface area (TPSA) is 65.7 Å². The molecule has 3 aromatic carbocycles. The maximum atomic E-state index is 13.5. The molecule has 9 heteroatoms. The van der Waals surface area contributed by atoms with Crippen LogP contribution in [-0.2, 0) is 6.61 Å². The lowest BCUT2D eigenvalue weighted by molar-refractivity contribution is 0.281. The molecular weight excluding hydrogens is 725 g/mol. The summed E-state index contributed by atoms with van der Waals surface area (Å²) in [4.78, 5) is 18.4. The highest BCUT2D eigenvalue weighted by Crippen LogP contribution is 2.35. The van der Waals surface area contributed by atoms with E-state index in [0.29, 0.717) is 23.5 Å². The van der Waals surface area contributed by atoms with Crippen molar-refractivity contribution in [2.45, 2.75) is 44.6 Å². The van der Waals surface area contributed by atoms with Crippen LogP contribution < -0.4 is 15.0 Å². The Balaban J connectivity index is 1.47. The predicted molar refractivity (Wildman–Crippen MR) is 167 cm³/mol. The van der Waals surface area contributed by atoms with E-state index < -0.39 is 0 Å². The first-order valence-electron chi connectivity index (χ1n) is 12.4. The zero-order valence-electron chi connectivity index (χ0n) is 20.8. The average Bonchev–Trinajstić information content (AvgIpc) is 2.93. The predicted octanol–water partition coefficient (Wildman–Crippen LogP) is 8.04. The van der Waals surface area contributed by atoms with Crippen molar-refractivity contribution in [3.63, 3.8) is 0 Å². The molecule has 0 aliphatic heterocycles. The minimum atomic E-state index is -0.144. The van der Waals surface area contributed by atoms with Gasteiger partial charge >= 0.3 is 0 Å². The van der Waals surface area contributed by atoms with E-state index in [1.807, 2.05) is 54.6 Å². The Morgan fingerprint density at radius 2 is 1.89 bits per heavy atom. The third kappa shape index (κ3) is 5.99. The van der Waals surface area contributed by atoms with Gasteiger partial charge in [0.15, 0.2) is 11.5 Å². The molecule has 1 aliphatic rings. The second-order valence-electron chi connectivity index (χ2n) is 9.24. The van der Waals surface area contributed by atoms with Crippen molar-refractivity contribution < 1.29 is 9.47 Å². The molecule has 0 saturated heterocycles. The average molecular weight is 751 g/mol. The standard InChI is InChI=1S/C29H26Br2IN3O3/c1-37-26-14-18(13-24(32)27(26)38-17-20-11-12-21(30)15-23(20)31)16-33-35-28(19-7-3-2-4-8-19)34-25-10-6-5-9-22(25)29(35)36/h5-6,9-16,19H,2-4,7-8,17H2,1H3. The molecule has 5 rings (SSSR count). The molecular formula is C29H26Br2IN3O3. The first kappa shape index (κ1) is 27.3. The lowest BCUT2D eigenvalue weighted by atomic mass is 9.88. The summed E-state index contributed by atoms with van der Waals surface area (Å²) in [6.45, 7) is 0.385. The molecule has 0 N–H and O–H groups in total. The van der Waals surface area contributed by atoms with Gasteiger partial charge in [-0.1, -0.05) is 69.3 Å². The van der Waals surface area contributed by atoms with Crippen molar-refractivity contribution in [2.75, 3.05) is 7.11 Å². The summed E-state index contributed by atoms with van der Waals surface area (Å²) in [5.41, 5.74) is 2.40. The second-order valence-corrected chi connectivity index (χ2v) is 12.2. The minimum absolute atomic E-state index is 0.144. The van der Waals surface area contributed by atoms with Gasteiger partial charge in [0.2, 0.25) is 0 Å². The van der Waals surface area contributed by atoms with E-state index in [1.54, 1.807) is 13.3 Å². The van der Waals surface area contributed by atoms with E-state index >= 15 is 0 Å². The van der Waals surface area contributed by atoms with E-state index in [9.17, 15) is 4.79 Å². The minimum Gasteiger partial charge on any atom is -0.493 e. The lowest BCUT2D eigenvalue weighted by Crippen LogP contribution is -2.25. The highest BCUT2D eigenvalue weighted by Gasteiger charge is 2.22. The van der Waals surface area contributed by atoms with Crippen LogP contribution in [0.25, 0.3) is 10.9 Å². The fraction of sp³-hybridized carbons (Fsp3) is 0.276. The summed E-state index contributed by atoms with van der Waals surface area (Å²) in [7, 11) is 1.62. The molecule has 0 radical (unpaired) electrons. The van der Waals surface area contributed by atoms with Gasteiger partial charge in [0.1, 0.15) is 12.4 Å². The summed E-state index contributed by atoms with van der Waals surface area (Å²) in [6, 6.07) is 17.3. The molecule has 1 aromatic heterocycles. The van der Waals surface area contributed by atoms with Gasteiger partial charge in [-0.2, -0.15) is 9.78 Å². The summed E-state index contributed by atoms with van der Waals surface area (Å²) in [5, 5.41) is 5.24. The van der Waals surface area contributed by atoms with E-state index in [0.717, 1.165) is 60.7 Å². The van der Waals surface area contributed by atoms with Gasteiger partial charge in [-0.05, 0) is 77.4 Å². The molecule has 0 bridgehead atoms. The number of nitrogens with zero attached hydrogens (tertiary/aromatic N) is 3. The number of para-hydroxylation sites is 1. The maximum absolute atomic E-state index is 13.5.